The van der Waals surface area contributed by atoms with Crippen LogP contribution in [0.2, 0.25) is 25.7 Å². The number of carbonyl (C=O) groups excluding carboxylic acids is 1. The molecule has 0 N–H and O–H groups in total. The number of hydrogen-bond acceptors (Lipinski definition) is 4. The number of rotatable bonds is 7. The minimum atomic E-state index is -3.15. The second-order valence-electron chi connectivity index (χ2n) is 7.53. The minimum absolute atomic E-state index is 0.0236. The van der Waals surface area contributed by atoms with Crippen molar-refractivity contribution in [2.45, 2.75) is 44.6 Å². The van der Waals surface area contributed by atoms with Crippen molar-refractivity contribution >= 4 is 24.4 Å². The quantitative estimate of drug-likeness (QED) is 0.547. The average molecular weight is 370 g/mol. The molecule has 5 nitrogen and oxygen atoms in total. The van der Waals surface area contributed by atoms with E-state index >= 15 is 0 Å². The summed E-state index contributed by atoms with van der Waals surface area (Å²) in [4.78, 5) is 10.7. The average Bonchev–Trinajstić information content (AvgIpc) is 2.54. The van der Waals surface area contributed by atoms with Gasteiger partial charge in [-0.1, -0.05) is 19.6 Å². The Kier molecular flexibility index (Phi) is 6.22. The summed E-state index contributed by atoms with van der Waals surface area (Å²) in [5.74, 6) is 0.988. The van der Waals surface area contributed by atoms with Crippen LogP contribution in [0.5, 0.6) is 5.75 Å². The van der Waals surface area contributed by atoms with Crippen LogP contribution in [0.15, 0.2) is 24.3 Å². The third-order valence-corrected chi connectivity index (χ3v) is 8.21. The molecule has 0 unspecified atom stereocenters. The molecule has 1 aromatic rings. The van der Waals surface area contributed by atoms with Gasteiger partial charge in [0, 0.05) is 26.7 Å². The molecule has 1 saturated heterocycles. The second kappa shape index (κ2) is 7.80. The van der Waals surface area contributed by atoms with Gasteiger partial charge in [0.15, 0.2) is 0 Å². The molecular formula is C17H27NO4SSi. The highest BCUT2D eigenvalue weighted by Crippen LogP contribution is 2.22. The van der Waals surface area contributed by atoms with E-state index in [1.54, 1.807) is 28.6 Å². The smallest absolute Gasteiger partial charge is 0.213 e. The molecular weight excluding hydrogens is 342 g/mol. The summed E-state index contributed by atoms with van der Waals surface area (Å²) < 4.78 is 32.4. The van der Waals surface area contributed by atoms with Crippen LogP contribution in [0, 0.1) is 0 Å². The number of nitrogens with zero attached hydrogens (tertiary/aromatic N) is 1. The molecule has 24 heavy (non-hydrogen) atoms. The van der Waals surface area contributed by atoms with Crippen molar-refractivity contribution in [1.29, 1.82) is 0 Å². The second-order valence-corrected chi connectivity index (χ2v) is 15.2. The largest absolute Gasteiger partial charge is 0.490 e. The van der Waals surface area contributed by atoms with Crippen molar-refractivity contribution in [3.05, 3.63) is 29.8 Å². The standard InChI is InChI=1S/C17H27NO4SSi/c1-24(2,3)13-12-23(20,21)18-10-8-17(9-11-18)22-16-6-4-15(14-19)5-7-16/h4-7,14,17H,8-13H2,1-3H3. The Morgan fingerprint density at radius 3 is 2.25 bits per heavy atom. The van der Waals surface area contributed by atoms with Crippen LogP contribution >= 0.6 is 0 Å². The highest BCUT2D eigenvalue weighted by Gasteiger charge is 2.30. The van der Waals surface area contributed by atoms with Gasteiger partial charge in [-0.05, 0) is 43.2 Å². The molecule has 1 heterocycles. The number of hydrogen-bond donors (Lipinski definition) is 0. The molecule has 1 aliphatic rings. The monoisotopic (exact) mass is 369 g/mol. The van der Waals surface area contributed by atoms with Crippen molar-refractivity contribution < 1.29 is 17.9 Å². The summed E-state index contributed by atoms with van der Waals surface area (Å²) in [6.07, 6.45) is 2.21. The van der Waals surface area contributed by atoms with E-state index < -0.39 is 18.1 Å². The van der Waals surface area contributed by atoms with E-state index in [0.29, 0.717) is 31.5 Å². The Hall–Kier alpha value is -1.18. The van der Waals surface area contributed by atoms with Gasteiger partial charge in [-0.15, -0.1) is 0 Å². The summed E-state index contributed by atoms with van der Waals surface area (Å²) in [6, 6.07) is 7.80. The Labute approximate surface area is 146 Å². The fourth-order valence-corrected chi connectivity index (χ4v) is 7.12. The van der Waals surface area contributed by atoms with Crippen molar-refractivity contribution in [1.82, 2.24) is 4.31 Å². The number of sulfonamides is 1. The van der Waals surface area contributed by atoms with Gasteiger partial charge in [0.2, 0.25) is 10.0 Å². The van der Waals surface area contributed by atoms with Crippen molar-refractivity contribution in [3.63, 3.8) is 0 Å². The van der Waals surface area contributed by atoms with Gasteiger partial charge in [0.05, 0.1) is 5.75 Å². The topological polar surface area (TPSA) is 63.7 Å². The van der Waals surface area contributed by atoms with Gasteiger partial charge in [-0.2, -0.15) is 0 Å². The van der Waals surface area contributed by atoms with Gasteiger partial charge >= 0.3 is 0 Å². The molecule has 0 amide bonds. The van der Waals surface area contributed by atoms with Crippen LogP contribution in [-0.2, 0) is 10.0 Å². The SMILES string of the molecule is C[Si](C)(C)CCS(=O)(=O)N1CCC(Oc2ccc(C=O)cc2)CC1. The Morgan fingerprint density at radius 2 is 1.75 bits per heavy atom. The summed E-state index contributed by atoms with van der Waals surface area (Å²) >= 11 is 0. The van der Waals surface area contributed by atoms with E-state index in [2.05, 4.69) is 19.6 Å². The van der Waals surface area contributed by atoms with E-state index in [-0.39, 0.29) is 11.9 Å². The molecule has 0 bridgehead atoms. The summed E-state index contributed by atoms with van der Waals surface area (Å²) in [7, 11) is -4.51. The zero-order valence-electron chi connectivity index (χ0n) is 14.7. The first-order chi connectivity index (χ1) is 11.2. The number of carbonyl (C=O) groups is 1. The fraction of sp³-hybridized carbons (Fsp3) is 0.588. The predicted octanol–water partition coefficient (Wildman–Crippen LogP) is 3.01. The van der Waals surface area contributed by atoms with Gasteiger partial charge in [-0.25, -0.2) is 12.7 Å². The molecule has 2 rings (SSSR count). The molecule has 0 aliphatic carbocycles. The Bertz CT molecular complexity index is 644. The maximum absolute atomic E-state index is 12.4. The lowest BCUT2D eigenvalue weighted by molar-refractivity contribution is 0.112. The summed E-state index contributed by atoms with van der Waals surface area (Å²) in [5, 5.41) is 0. The zero-order chi connectivity index (χ0) is 17.8. The molecule has 0 aromatic heterocycles. The summed E-state index contributed by atoms with van der Waals surface area (Å²) in [5.41, 5.74) is 0.616. The normalized spacial score (nSPS) is 17.6. The third-order valence-electron chi connectivity index (χ3n) is 4.22. The lowest BCUT2D eigenvalue weighted by atomic mass is 10.1. The molecule has 1 fully saturated rings. The maximum Gasteiger partial charge on any atom is 0.213 e. The van der Waals surface area contributed by atoms with Crippen LogP contribution in [-0.4, -0.2) is 52.0 Å². The molecule has 7 heteroatoms. The van der Waals surface area contributed by atoms with E-state index in [1.807, 2.05) is 0 Å². The first-order valence-electron chi connectivity index (χ1n) is 8.39. The van der Waals surface area contributed by atoms with E-state index in [0.717, 1.165) is 18.1 Å². The van der Waals surface area contributed by atoms with Crippen molar-refractivity contribution in [2.24, 2.45) is 0 Å². The van der Waals surface area contributed by atoms with Crippen LogP contribution in [0.4, 0.5) is 0 Å². The molecule has 134 valence electrons. The third kappa shape index (κ3) is 5.72. The number of aldehydes is 1. The molecule has 0 saturated carbocycles. The van der Waals surface area contributed by atoms with E-state index in [4.69, 9.17) is 4.74 Å². The first-order valence-corrected chi connectivity index (χ1v) is 13.7. The number of benzene rings is 1. The molecule has 1 aromatic carbocycles. The molecule has 0 atom stereocenters. The molecule has 0 spiro atoms. The van der Waals surface area contributed by atoms with E-state index in [9.17, 15) is 13.2 Å². The summed E-state index contributed by atoms with van der Waals surface area (Å²) in [6.45, 7) is 7.62. The van der Waals surface area contributed by atoms with Crippen molar-refractivity contribution in [3.8, 4) is 5.75 Å². The number of ether oxygens (including phenoxy) is 1. The predicted molar refractivity (Wildman–Crippen MR) is 99.0 cm³/mol. The van der Waals surface area contributed by atoms with E-state index in [1.165, 1.54) is 0 Å². The van der Waals surface area contributed by atoms with Crippen molar-refractivity contribution in [2.75, 3.05) is 18.8 Å². The molecule has 1 aliphatic heterocycles. The molecule has 0 radical (unpaired) electrons. The minimum Gasteiger partial charge on any atom is -0.490 e. The van der Waals surface area contributed by atoms with Crippen LogP contribution in [0.25, 0.3) is 0 Å². The fourth-order valence-electron chi connectivity index (χ4n) is 2.61. The highest BCUT2D eigenvalue weighted by atomic mass is 32.2. The van der Waals surface area contributed by atoms with Crippen LogP contribution in [0.1, 0.15) is 23.2 Å². The van der Waals surface area contributed by atoms with Crippen LogP contribution in [0.3, 0.4) is 0 Å². The van der Waals surface area contributed by atoms with Crippen LogP contribution < -0.4 is 4.74 Å². The van der Waals surface area contributed by atoms with Gasteiger partial charge in [0.1, 0.15) is 18.1 Å². The Balaban J connectivity index is 1.85. The van der Waals surface area contributed by atoms with Gasteiger partial charge < -0.3 is 4.74 Å². The lowest BCUT2D eigenvalue weighted by Crippen LogP contribution is -2.43. The number of piperidine rings is 1. The highest BCUT2D eigenvalue weighted by molar-refractivity contribution is 7.89. The van der Waals surface area contributed by atoms with Gasteiger partial charge in [-0.3, -0.25) is 4.79 Å². The Morgan fingerprint density at radius 1 is 1.17 bits per heavy atom. The van der Waals surface area contributed by atoms with Gasteiger partial charge in [0.25, 0.3) is 0 Å². The maximum atomic E-state index is 12.4. The first kappa shape index (κ1) is 19.1. The zero-order valence-corrected chi connectivity index (χ0v) is 16.5. The lowest BCUT2D eigenvalue weighted by Gasteiger charge is -2.32.